The average Bonchev–Trinajstić information content (AvgIpc) is 3.38. The van der Waals surface area contributed by atoms with Crippen LogP contribution in [0.5, 0.6) is 0 Å². The highest BCUT2D eigenvalue weighted by molar-refractivity contribution is 5.94. The summed E-state index contributed by atoms with van der Waals surface area (Å²) in [6.45, 7) is 3.18. The Morgan fingerprint density at radius 2 is 2.19 bits per heavy atom. The molecule has 2 N–H and O–H groups in total. The lowest BCUT2D eigenvalue weighted by Gasteiger charge is -2.15. The van der Waals surface area contributed by atoms with Gasteiger partial charge in [0.25, 0.3) is 5.91 Å². The van der Waals surface area contributed by atoms with Crippen LogP contribution in [-0.4, -0.2) is 56.6 Å². The van der Waals surface area contributed by atoms with E-state index in [-0.39, 0.29) is 11.8 Å². The van der Waals surface area contributed by atoms with Gasteiger partial charge >= 0.3 is 5.97 Å². The van der Waals surface area contributed by atoms with Gasteiger partial charge in [0.05, 0.1) is 29.5 Å². The van der Waals surface area contributed by atoms with Crippen molar-refractivity contribution in [3.8, 4) is 0 Å². The number of nitrogens with one attached hydrogen (secondary N) is 2. The van der Waals surface area contributed by atoms with Crippen LogP contribution in [0.25, 0.3) is 11.0 Å². The molecule has 1 unspecified atom stereocenters. The van der Waals surface area contributed by atoms with Crippen molar-refractivity contribution in [3.63, 3.8) is 0 Å². The molecule has 1 aliphatic heterocycles. The molecular formula is C18H19N5O3. The van der Waals surface area contributed by atoms with E-state index in [1.807, 2.05) is 24.3 Å². The summed E-state index contributed by atoms with van der Waals surface area (Å²) in [4.78, 5) is 34.0. The summed E-state index contributed by atoms with van der Waals surface area (Å²) in [7, 11) is 0. The Morgan fingerprint density at radius 3 is 3.00 bits per heavy atom. The summed E-state index contributed by atoms with van der Waals surface area (Å²) < 4.78 is 5.07. The van der Waals surface area contributed by atoms with Crippen LogP contribution < -0.4 is 0 Å². The van der Waals surface area contributed by atoms with Gasteiger partial charge < -0.3 is 14.6 Å². The van der Waals surface area contributed by atoms with Gasteiger partial charge in [-0.3, -0.25) is 9.89 Å². The van der Waals surface area contributed by atoms with E-state index in [1.165, 1.54) is 6.20 Å². The summed E-state index contributed by atoms with van der Waals surface area (Å²) >= 11 is 0. The van der Waals surface area contributed by atoms with Gasteiger partial charge in [-0.2, -0.15) is 5.10 Å². The number of ether oxygens (including phenoxy) is 1. The highest BCUT2D eigenvalue weighted by Gasteiger charge is 2.32. The number of hydrogen-bond acceptors (Lipinski definition) is 5. The minimum Gasteiger partial charge on any atom is -0.462 e. The van der Waals surface area contributed by atoms with Gasteiger partial charge in [0.15, 0.2) is 5.82 Å². The number of aromatic nitrogens is 4. The van der Waals surface area contributed by atoms with Gasteiger partial charge in [0, 0.05) is 19.0 Å². The lowest BCUT2D eigenvalue weighted by Crippen LogP contribution is -2.29. The fourth-order valence-corrected chi connectivity index (χ4v) is 3.36. The van der Waals surface area contributed by atoms with Crippen molar-refractivity contribution in [2.45, 2.75) is 19.3 Å². The molecule has 3 heterocycles. The Morgan fingerprint density at radius 1 is 1.35 bits per heavy atom. The van der Waals surface area contributed by atoms with E-state index in [4.69, 9.17) is 4.74 Å². The SMILES string of the molecule is CCOC(=O)c1cn[nH]c1C1CCN(C(=O)c2nc3ccccc3[nH]2)C1. The molecule has 1 saturated heterocycles. The molecule has 1 amide bonds. The molecule has 2 aromatic heterocycles. The number of H-pyrrole nitrogens is 2. The second-order valence-electron chi connectivity index (χ2n) is 6.26. The molecule has 1 atom stereocenters. The van der Waals surface area contributed by atoms with Crippen molar-refractivity contribution in [1.29, 1.82) is 0 Å². The number of para-hydroxylation sites is 2. The van der Waals surface area contributed by atoms with Gasteiger partial charge in [0.2, 0.25) is 0 Å². The molecule has 134 valence electrons. The number of likely N-dealkylation sites (tertiary alicyclic amines) is 1. The second kappa shape index (κ2) is 6.62. The van der Waals surface area contributed by atoms with Crippen molar-refractivity contribution in [2.75, 3.05) is 19.7 Å². The molecule has 3 aromatic rings. The van der Waals surface area contributed by atoms with Crippen molar-refractivity contribution < 1.29 is 14.3 Å². The minimum atomic E-state index is -0.390. The molecule has 0 saturated carbocycles. The Bertz CT molecular complexity index is 928. The Balaban J connectivity index is 1.51. The fourth-order valence-electron chi connectivity index (χ4n) is 3.36. The molecule has 26 heavy (non-hydrogen) atoms. The number of imidazole rings is 1. The maximum absolute atomic E-state index is 12.8. The number of carbonyl (C=O) groups is 2. The summed E-state index contributed by atoms with van der Waals surface area (Å²) in [6, 6.07) is 7.54. The van der Waals surface area contributed by atoms with Crippen molar-refractivity contribution in [1.82, 2.24) is 25.1 Å². The third kappa shape index (κ3) is 2.83. The maximum Gasteiger partial charge on any atom is 0.341 e. The van der Waals surface area contributed by atoms with Crippen LogP contribution in [0.3, 0.4) is 0 Å². The molecule has 4 rings (SSSR count). The zero-order valence-corrected chi connectivity index (χ0v) is 14.4. The first-order valence-corrected chi connectivity index (χ1v) is 8.61. The zero-order chi connectivity index (χ0) is 18.1. The van der Waals surface area contributed by atoms with E-state index < -0.39 is 5.97 Å². The molecule has 0 spiro atoms. The molecule has 1 aliphatic rings. The Hall–Kier alpha value is -3.16. The third-order valence-corrected chi connectivity index (χ3v) is 4.64. The number of hydrogen-bond donors (Lipinski definition) is 2. The van der Waals surface area contributed by atoms with Gasteiger partial charge in [-0.05, 0) is 25.5 Å². The molecule has 0 bridgehead atoms. The highest BCUT2D eigenvalue weighted by atomic mass is 16.5. The van der Waals surface area contributed by atoms with Crippen LogP contribution in [0.2, 0.25) is 0 Å². The van der Waals surface area contributed by atoms with Crippen molar-refractivity contribution in [3.05, 3.63) is 47.5 Å². The fraction of sp³-hybridized carbons (Fsp3) is 0.333. The Kier molecular flexibility index (Phi) is 4.16. The number of esters is 1. The van der Waals surface area contributed by atoms with Gasteiger partial charge in [-0.25, -0.2) is 9.78 Å². The van der Waals surface area contributed by atoms with Crippen LogP contribution in [0.1, 0.15) is 45.9 Å². The minimum absolute atomic E-state index is 0.0187. The lowest BCUT2D eigenvalue weighted by molar-refractivity contribution is 0.0524. The van der Waals surface area contributed by atoms with Crippen LogP contribution in [0.15, 0.2) is 30.5 Å². The standard InChI is InChI=1S/C18H19N5O3/c1-2-26-18(25)12-9-19-22-15(12)11-7-8-23(10-11)17(24)16-20-13-5-3-4-6-14(13)21-16/h3-6,9,11H,2,7-8,10H2,1H3,(H,19,22)(H,20,21). The topological polar surface area (TPSA) is 104 Å². The predicted molar refractivity (Wildman–Crippen MR) is 93.9 cm³/mol. The van der Waals surface area contributed by atoms with E-state index in [2.05, 4.69) is 20.2 Å². The van der Waals surface area contributed by atoms with Crippen molar-refractivity contribution >= 4 is 22.9 Å². The van der Waals surface area contributed by atoms with E-state index in [9.17, 15) is 9.59 Å². The first-order valence-electron chi connectivity index (χ1n) is 8.61. The zero-order valence-electron chi connectivity index (χ0n) is 14.4. The summed E-state index contributed by atoms with van der Waals surface area (Å²) in [5, 5.41) is 6.87. The smallest absolute Gasteiger partial charge is 0.341 e. The van der Waals surface area contributed by atoms with Gasteiger partial charge in [0.1, 0.15) is 5.56 Å². The third-order valence-electron chi connectivity index (χ3n) is 4.64. The lowest BCUT2D eigenvalue weighted by atomic mass is 10.0. The van der Waals surface area contributed by atoms with E-state index in [0.29, 0.717) is 31.1 Å². The molecule has 1 fully saturated rings. The number of nitrogens with zero attached hydrogens (tertiary/aromatic N) is 3. The molecule has 0 aliphatic carbocycles. The summed E-state index contributed by atoms with van der Waals surface area (Å²) in [5.41, 5.74) is 2.77. The number of benzene rings is 1. The number of carbonyl (C=O) groups excluding carboxylic acids is 2. The normalized spacial score (nSPS) is 17.0. The largest absolute Gasteiger partial charge is 0.462 e. The molecular weight excluding hydrogens is 334 g/mol. The van der Waals surface area contributed by atoms with Gasteiger partial charge in [-0.1, -0.05) is 12.1 Å². The molecule has 1 aromatic carbocycles. The van der Waals surface area contributed by atoms with Crippen LogP contribution >= 0.6 is 0 Å². The second-order valence-corrected chi connectivity index (χ2v) is 6.26. The summed E-state index contributed by atoms with van der Waals surface area (Å²) in [5.74, 6) is -0.175. The van der Waals surface area contributed by atoms with E-state index in [1.54, 1.807) is 11.8 Å². The molecule has 8 heteroatoms. The monoisotopic (exact) mass is 353 g/mol. The number of amides is 1. The maximum atomic E-state index is 12.8. The highest BCUT2D eigenvalue weighted by Crippen LogP contribution is 2.29. The molecule has 0 radical (unpaired) electrons. The number of aromatic amines is 2. The van der Waals surface area contributed by atoms with Crippen LogP contribution in [-0.2, 0) is 4.74 Å². The van der Waals surface area contributed by atoms with Gasteiger partial charge in [-0.15, -0.1) is 0 Å². The average molecular weight is 353 g/mol. The van der Waals surface area contributed by atoms with E-state index >= 15 is 0 Å². The summed E-state index contributed by atoms with van der Waals surface area (Å²) in [6.07, 6.45) is 2.23. The predicted octanol–water partition coefficient (Wildman–Crippen LogP) is 2.09. The number of rotatable bonds is 4. The van der Waals surface area contributed by atoms with Crippen LogP contribution in [0.4, 0.5) is 0 Å². The quantitative estimate of drug-likeness (QED) is 0.699. The first kappa shape index (κ1) is 16.3. The first-order chi connectivity index (χ1) is 12.7. The van der Waals surface area contributed by atoms with Crippen LogP contribution in [0, 0.1) is 0 Å². The molecule has 8 nitrogen and oxygen atoms in total. The van der Waals surface area contributed by atoms with E-state index in [0.717, 1.165) is 23.1 Å². The number of fused-ring (bicyclic) bond motifs is 1. The van der Waals surface area contributed by atoms with Crippen molar-refractivity contribution in [2.24, 2.45) is 0 Å². The Labute approximate surface area is 149 Å².